The maximum absolute atomic E-state index is 11.8. The molecule has 1 aromatic heterocycles. The molecule has 0 spiro atoms. The first-order chi connectivity index (χ1) is 7.54. The molecule has 0 saturated heterocycles. The molecule has 1 N–H and O–H groups in total. The summed E-state index contributed by atoms with van der Waals surface area (Å²) in [5, 5.41) is 8.63. The van der Waals surface area contributed by atoms with E-state index in [4.69, 9.17) is 23.1 Å². The number of carbonyl (C=O) groups excluding carboxylic acids is 1. The Morgan fingerprint density at radius 3 is 2.69 bits per heavy atom. The monoisotopic (exact) mass is 257 g/mol. The second-order valence-corrected chi connectivity index (χ2v) is 4.58. The van der Waals surface area contributed by atoms with Crippen LogP contribution in [0.3, 0.4) is 0 Å². The van der Waals surface area contributed by atoms with E-state index < -0.39 is 18.4 Å². The molecule has 1 amide bonds. The highest BCUT2D eigenvalue weighted by Crippen LogP contribution is 2.22. The molecule has 0 bridgehead atoms. The molecule has 6 heteroatoms. The zero-order valence-corrected chi connectivity index (χ0v) is 9.72. The minimum absolute atomic E-state index is 0.0410. The summed E-state index contributed by atoms with van der Waals surface area (Å²) in [6.45, 7) is -0.459. The van der Waals surface area contributed by atoms with E-state index in [0.717, 1.165) is 16.2 Å². The number of carboxylic acids is 1. The quantitative estimate of drug-likeness (QED) is 0.833. The Bertz CT molecular complexity index is 449. The standard InChI is InChI=1S/C10H8ClNO3S/c1-2-5-12(6-9(13)14)10(15)7-3-4-8(11)16-7/h1,3-4H,5-6H2,(H,13,14). The van der Waals surface area contributed by atoms with Crippen LogP contribution in [0.25, 0.3) is 0 Å². The fourth-order valence-electron chi connectivity index (χ4n) is 1.06. The third-order valence-electron chi connectivity index (χ3n) is 1.68. The van der Waals surface area contributed by atoms with Gasteiger partial charge in [-0.05, 0) is 12.1 Å². The third-order valence-corrected chi connectivity index (χ3v) is 2.90. The normalized spacial score (nSPS) is 9.50. The number of carboxylic acid groups (broad SMARTS) is 1. The van der Waals surface area contributed by atoms with Gasteiger partial charge in [0.1, 0.15) is 6.54 Å². The lowest BCUT2D eigenvalue weighted by Gasteiger charge is -2.16. The van der Waals surface area contributed by atoms with Crippen molar-refractivity contribution in [1.82, 2.24) is 4.90 Å². The molecule has 84 valence electrons. The molecule has 0 atom stereocenters. The summed E-state index contributed by atoms with van der Waals surface area (Å²) >= 11 is 6.77. The first-order valence-corrected chi connectivity index (χ1v) is 5.44. The molecule has 0 saturated carbocycles. The average molecular weight is 258 g/mol. The van der Waals surface area contributed by atoms with Gasteiger partial charge in [-0.1, -0.05) is 17.5 Å². The molecule has 0 fully saturated rings. The van der Waals surface area contributed by atoms with E-state index in [1.807, 2.05) is 0 Å². The lowest BCUT2D eigenvalue weighted by molar-refractivity contribution is -0.137. The first-order valence-electron chi connectivity index (χ1n) is 4.24. The van der Waals surface area contributed by atoms with Crippen molar-refractivity contribution in [3.8, 4) is 12.3 Å². The predicted octanol–water partition coefficient (Wildman–Crippen LogP) is 1.56. The molecular formula is C10H8ClNO3S. The van der Waals surface area contributed by atoms with Crippen LogP contribution >= 0.6 is 22.9 Å². The fraction of sp³-hybridized carbons (Fsp3) is 0.200. The second-order valence-electron chi connectivity index (χ2n) is 2.86. The molecule has 1 rings (SSSR count). The Balaban J connectivity index is 2.83. The van der Waals surface area contributed by atoms with Crippen LogP contribution in [0.1, 0.15) is 9.67 Å². The van der Waals surface area contributed by atoms with Crippen LogP contribution in [-0.4, -0.2) is 35.0 Å². The zero-order valence-electron chi connectivity index (χ0n) is 8.14. The van der Waals surface area contributed by atoms with Crippen LogP contribution in [0.2, 0.25) is 4.34 Å². The van der Waals surface area contributed by atoms with Gasteiger partial charge >= 0.3 is 5.97 Å². The van der Waals surface area contributed by atoms with Gasteiger partial charge in [-0.25, -0.2) is 0 Å². The van der Waals surface area contributed by atoms with E-state index in [0.29, 0.717) is 9.21 Å². The summed E-state index contributed by atoms with van der Waals surface area (Å²) in [6, 6.07) is 3.12. The van der Waals surface area contributed by atoms with E-state index in [9.17, 15) is 9.59 Å². The van der Waals surface area contributed by atoms with Gasteiger partial charge in [0.15, 0.2) is 0 Å². The van der Waals surface area contributed by atoms with Crippen LogP contribution in [0.5, 0.6) is 0 Å². The van der Waals surface area contributed by atoms with Crippen molar-refractivity contribution in [1.29, 1.82) is 0 Å². The Kier molecular flexibility index (Phi) is 4.35. The van der Waals surface area contributed by atoms with Crippen molar-refractivity contribution in [2.24, 2.45) is 0 Å². The maximum atomic E-state index is 11.8. The molecule has 0 aliphatic carbocycles. The fourth-order valence-corrected chi connectivity index (χ4v) is 2.07. The summed E-state index contributed by atoms with van der Waals surface area (Å²) in [5.74, 6) is 0.719. The topological polar surface area (TPSA) is 57.6 Å². The number of rotatable bonds is 4. The molecule has 16 heavy (non-hydrogen) atoms. The molecular weight excluding hydrogens is 250 g/mol. The third kappa shape index (κ3) is 3.26. The largest absolute Gasteiger partial charge is 0.480 e. The van der Waals surface area contributed by atoms with Crippen molar-refractivity contribution < 1.29 is 14.7 Å². The minimum atomic E-state index is -1.11. The van der Waals surface area contributed by atoms with Crippen molar-refractivity contribution in [2.75, 3.05) is 13.1 Å². The molecule has 1 heterocycles. The molecule has 0 aromatic carbocycles. The minimum Gasteiger partial charge on any atom is -0.480 e. The van der Waals surface area contributed by atoms with Crippen molar-refractivity contribution in [3.63, 3.8) is 0 Å². The van der Waals surface area contributed by atoms with E-state index in [2.05, 4.69) is 5.92 Å². The number of terminal acetylenes is 1. The van der Waals surface area contributed by atoms with Gasteiger partial charge in [-0.15, -0.1) is 17.8 Å². The van der Waals surface area contributed by atoms with Gasteiger partial charge in [0, 0.05) is 0 Å². The first kappa shape index (κ1) is 12.6. The highest BCUT2D eigenvalue weighted by molar-refractivity contribution is 7.17. The molecule has 0 unspecified atom stereocenters. The van der Waals surface area contributed by atoms with Crippen LogP contribution < -0.4 is 0 Å². The SMILES string of the molecule is C#CCN(CC(=O)O)C(=O)c1ccc(Cl)s1. The number of carbonyl (C=O) groups is 2. The number of thiophene rings is 1. The average Bonchev–Trinajstić information content (AvgIpc) is 2.62. The van der Waals surface area contributed by atoms with Gasteiger partial charge in [0.25, 0.3) is 5.91 Å². The highest BCUT2D eigenvalue weighted by Gasteiger charge is 2.18. The van der Waals surface area contributed by atoms with Gasteiger partial charge in [0.2, 0.25) is 0 Å². The molecule has 0 radical (unpaired) electrons. The Hall–Kier alpha value is -1.51. The van der Waals surface area contributed by atoms with E-state index >= 15 is 0 Å². The summed E-state index contributed by atoms with van der Waals surface area (Å²) in [5.41, 5.74) is 0. The highest BCUT2D eigenvalue weighted by atomic mass is 35.5. The maximum Gasteiger partial charge on any atom is 0.323 e. The Morgan fingerprint density at radius 1 is 1.56 bits per heavy atom. The lowest BCUT2D eigenvalue weighted by atomic mass is 10.3. The van der Waals surface area contributed by atoms with E-state index in [1.165, 1.54) is 0 Å². The van der Waals surface area contributed by atoms with Crippen LogP contribution in [0.15, 0.2) is 12.1 Å². The smallest absolute Gasteiger partial charge is 0.323 e. The Morgan fingerprint density at radius 2 is 2.25 bits per heavy atom. The molecule has 4 nitrogen and oxygen atoms in total. The Labute approximate surface area is 101 Å². The summed E-state index contributed by atoms with van der Waals surface area (Å²) in [7, 11) is 0. The number of amides is 1. The number of nitrogens with zero attached hydrogens (tertiary/aromatic N) is 1. The summed E-state index contributed by atoms with van der Waals surface area (Å²) < 4.78 is 0.472. The van der Waals surface area contributed by atoms with E-state index in [1.54, 1.807) is 12.1 Å². The van der Waals surface area contributed by atoms with Gasteiger partial charge in [-0.2, -0.15) is 0 Å². The van der Waals surface area contributed by atoms with Gasteiger partial charge in [0.05, 0.1) is 15.8 Å². The lowest BCUT2D eigenvalue weighted by Crippen LogP contribution is -2.35. The molecule has 0 aliphatic heterocycles. The molecule has 0 aliphatic rings. The molecule has 1 aromatic rings. The van der Waals surface area contributed by atoms with Crippen LogP contribution in [-0.2, 0) is 4.79 Å². The van der Waals surface area contributed by atoms with E-state index in [-0.39, 0.29) is 6.54 Å². The summed E-state index contributed by atoms with van der Waals surface area (Å²) in [4.78, 5) is 23.8. The number of hydrogen-bond donors (Lipinski definition) is 1. The van der Waals surface area contributed by atoms with Gasteiger partial charge < -0.3 is 10.0 Å². The number of hydrogen-bond acceptors (Lipinski definition) is 3. The number of halogens is 1. The second kappa shape index (κ2) is 5.54. The zero-order chi connectivity index (χ0) is 12.1. The number of aliphatic carboxylic acids is 1. The van der Waals surface area contributed by atoms with Crippen LogP contribution in [0.4, 0.5) is 0 Å². The van der Waals surface area contributed by atoms with Crippen molar-refractivity contribution in [2.45, 2.75) is 0 Å². The summed E-state index contributed by atoms with van der Waals surface area (Å²) in [6.07, 6.45) is 5.07. The van der Waals surface area contributed by atoms with Crippen molar-refractivity contribution in [3.05, 3.63) is 21.3 Å². The van der Waals surface area contributed by atoms with Crippen molar-refractivity contribution >= 4 is 34.8 Å². The van der Waals surface area contributed by atoms with Gasteiger partial charge in [-0.3, -0.25) is 9.59 Å². The predicted molar refractivity (Wildman–Crippen MR) is 61.7 cm³/mol. The van der Waals surface area contributed by atoms with Crippen LogP contribution in [0, 0.1) is 12.3 Å².